The molecule has 8 nitrogen and oxygen atoms in total. The summed E-state index contributed by atoms with van der Waals surface area (Å²) in [4.78, 5) is 46.6. The summed E-state index contributed by atoms with van der Waals surface area (Å²) in [5, 5.41) is 2.19. The van der Waals surface area contributed by atoms with E-state index in [1.165, 1.54) is 0 Å². The fourth-order valence-electron chi connectivity index (χ4n) is 1.70. The maximum atomic E-state index is 11.1. The summed E-state index contributed by atoms with van der Waals surface area (Å²) >= 11 is 0. The third-order valence-electron chi connectivity index (χ3n) is 2.46. The van der Waals surface area contributed by atoms with E-state index in [2.05, 4.69) is 5.32 Å². The van der Waals surface area contributed by atoms with Gasteiger partial charge in [-0.3, -0.25) is 29.5 Å². The molecule has 0 aromatic heterocycles. The summed E-state index contributed by atoms with van der Waals surface area (Å²) in [7, 11) is 0. The number of nitrogens with two attached hydrogens (primary N) is 1. The minimum Gasteiger partial charge on any atom is -0.369 e. The van der Waals surface area contributed by atoms with Gasteiger partial charge in [0.15, 0.2) is 0 Å². The second-order valence-electron chi connectivity index (χ2n) is 4.05. The maximum Gasteiger partial charge on any atom is 0.240 e. The van der Waals surface area contributed by atoms with E-state index in [0.717, 1.165) is 0 Å². The van der Waals surface area contributed by atoms with Crippen molar-refractivity contribution in [3.63, 3.8) is 0 Å². The number of nitrogens with one attached hydrogen (secondary N) is 1. The maximum absolute atomic E-state index is 11.1. The largest absolute Gasteiger partial charge is 0.369 e. The quantitative estimate of drug-likeness (QED) is 0.369. The van der Waals surface area contributed by atoms with E-state index in [-0.39, 0.29) is 38.0 Å². The summed E-state index contributed by atoms with van der Waals surface area (Å²) < 4.78 is 0. The normalized spacial score (nSPS) is 16.7. The number of nitrogens with zero attached hydrogens (tertiary/aromatic N) is 2. The molecule has 1 saturated heterocycles. The Bertz CT molecular complexity index is 337. The first-order chi connectivity index (χ1) is 8.51. The Morgan fingerprint density at radius 1 is 1.39 bits per heavy atom. The molecule has 0 radical (unpaired) electrons. The smallest absolute Gasteiger partial charge is 0.240 e. The van der Waals surface area contributed by atoms with E-state index in [0.29, 0.717) is 19.4 Å². The molecule has 1 fully saturated rings. The van der Waals surface area contributed by atoms with Gasteiger partial charge in [-0.1, -0.05) is 0 Å². The molecule has 0 aliphatic carbocycles. The minimum absolute atomic E-state index is 0.0211. The summed E-state index contributed by atoms with van der Waals surface area (Å²) in [6.07, 6.45) is 0.678. The van der Waals surface area contributed by atoms with Crippen LogP contribution < -0.4 is 11.1 Å². The first-order valence-electron chi connectivity index (χ1n) is 5.50. The van der Waals surface area contributed by atoms with Crippen LogP contribution in [0.15, 0.2) is 0 Å². The van der Waals surface area contributed by atoms with Gasteiger partial charge in [-0.05, 0) is 0 Å². The van der Waals surface area contributed by atoms with E-state index in [1.807, 2.05) is 0 Å². The fraction of sp³-hybridized carbons (Fsp3) is 0.600. The van der Waals surface area contributed by atoms with Crippen molar-refractivity contribution < 1.29 is 19.2 Å². The number of hydrogen-bond acceptors (Lipinski definition) is 6. The molecule has 0 saturated carbocycles. The summed E-state index contributed by atoms with van der Waals surface area (Å²) in [5.41, 5.74) is 5.05. The van der Waals surface area contributed by atoms with Crippen LogP contribution in [-0.4, -0.2) is 73.1 Å². The van der Waals surface area contributed by atoms with Gasteiger partial charge in [0, 0.05) is 13.1 Å². The molecule has 3 N–H and O–H groups in total. The molecule has 0 atom stereocenters. The van der Waals surface area contributed by atoms with Crippen molar-refractivity contribution in [1.29, 1.82) is 0 Å². The van der Waals surface area contributed by atoms with E-state index in [1.54, 1.807) is 9.80 Å². The van der Waals surface area contributed by atoms with E-state index in [4.69, 9.17) is 5.73 Å². The van der Waals surface area contributed by atoms with Crippen LogP contribution in [0.3, 0.4) is 0 Å². The first-order valence-corrected chi connectivity index (χ1v) is 5.50. The highest BCUT2D eigenvalue weighted by Gasteiger charge is 2.22. The highest BCUT2D eigenvalue weighted by Crippen LogP contribution is 1.96. The van der Waals surface area contributed by atoms with E-state index < -0.39 is 5.91 Å². The number of imide groups is 1. The lowest BCUT2D eigenvalue weighted by Crippen LogP contribution is -2.53. The summed E-state index contributed by atoms with van der Waals surface area (Å²) in [6.45, 7) is 1.15. The molecule has 0 spiro atoms. The zero-order valence-corrected chi connectivity index (χ0v) is 9.92. The van der Waals surface area contributed by atoms with Crippen LogP contribution in [0, 0.1) is 0 Å². The number of carbonyl (C=O) groups excluding carboxylic acids is 4. The number of piperazine rings is 1. The zero-order chi connectivity index (χ0) is 13.5. The molecule has 100 valence electrons. The Morgan fingerprint density at radius 3 is 2.50 bits per heavy atom. The van der Waals surface area contributed by atoms with Crippen LogP contribution in [-0.2, 0) is 19.2 Å². The number of aldehydes is 1. The Labute approximate surface area is 104 Å². The Balaban J connectivity index is 2.40. The molecule has 0 bridgehead atoms. The molecule has 0 aromatic carbocycles. The standard InChI is InChI=1S/C10H16N4O4/c11-8(16)5-13(3-4-15)1-2-14-6-9(17)12-10(18)7-14/h4H,1-3,5-7H2,(H2,11,16)(H,12,17,18). The van der Waals surface area contributed by atoms with E-state index >= 15 is 0 Å². The Hall–Kier alpha value is -1.80. The lowest BCUT2D eigenvalue weighted by Gasteiger charge is -2.27. The molecule has 1 heterocycles. The third-order valence-corrected chi connectivity index (χ3v) is 2.46. The number of primary amides is 1. The predicted octanol–water partition coefficient (Wildman–Crippen LogP) is -3.07. The molecule has 3 amide bonds. The van der Waals surface area contributed by atoms with Gasteiger partial charge < -0.3 is 10.5 Å². The van der Waals surface area contributed by atoms with Crippen LogP contribution in [0.25, 0.3) is 0 Å². The number of amides is 3. The van der Waals surface area contributed by atoms with E-state index in [9.17, 15) is 19.2 Å². The number of carbonyl (C=O) groups is 4. The second kappa shape index (κ2) is 6.82. The lowest BCUT2D eigenvalue weighted by atomic mass is 10.3. The fourth-order valence-corrected chi connectivity index (χ4v) is 1.70. The van der Waals surface area contributed by atoms with Gasteiger partial charge in [-0.25, -0.2) is 0 Å². The van der Waals surface area contributed by atoms with Gasteiger partial charge in [0.05, 0.1) is 26.2 Å². The topological polar surface area (TPSA) is 113 Å². The van der Waals surface area contributed by atoms with Crippen molar-refractivity contribution in [1.82, 2.24) is 15.1 Å². The average Bonchev–Trinajstić information content (AvgIpc) is 2.24. The van der Waals surface area contributed by atoms with Gasteiger partial charge >= 0.3 is 0 Å². The first kappa shape index (κ1) is 14.3. The number of hydrogen-bond donors (Lipinski definition) is 2. The highest BCUT2D eigenvalue weighted by atomic mass is 16.2. The van der Waals surface area contributed by atoms with Gasteiger partial charge in [0.2, 0.25) is 17.7 Å². The molecular formula is C10H16N4O4. The predicted molar refractivity (Wildman–Crippen MR) is 61.3 cm³/mol. The van der Waals surface area contributed by atoms with Crippen molar-refractivity contribution in [3.8, 4) is 0 Å². The summed E-state index contributed by atoms with van der Waals surface area (Å²) in [5.74, 6) is -1.21. The van der Waals surface area contributed by atoms with Gasteiger partial charge in [0.1, 0.15) is 6.29 Å². The molecule has 8 heteroatoms. The van der Waals surface area contributed by atoms with Crippen molar-refractivity contribution in [3.05, 3.63) is 0 Å². The second-order valence-corrected chi connectivity index (χ2v) is 4.05. The molecule has 1 aliphatic rings. The monoisotopic (exact) mass is 256 g/mol. The van der Waals surface area contributed by atoms with Crippen LogP contribution in [0.1, 0.15) is 0 Å². The molecule has 1 aliphatic heterocycles. The SMILES string of the molecule is NC(=O)CN(CC=O)CCN1CC(=O)NC(=O)C1. The lowest BCUT2D eigenvalue weighted by molar-refractivity contribution is -0.136. The van der Waals surface area contributed by atoms with Crippen LogP contribution in [0.5, 0.6) is 0 Å². The average molecular weight is 256 g/mol. The summed E-state index contributed by atoms with van der Waals surface area (Å²) in [6, 6.07) is 0. The van der Waals surface area contributed by atoms with Crippen molar-refractivity contribution >= 4 is 24.0 Å². The minimum atomic E-state index is -0.524. The van der Waals surface area contributed by atoms with Gasteiger partial charge in [0.25, 0.3) is 0 Å². The van der Waals surface area contributed by atoms with Crippen molar-refractivity contribution in [2.24, 2.45) is 5.73 Å². The van der Waals surface area contributed by atoms with Gasteiger partial charge in [-0.15, -0.1) is 0 Å². The Morgan fingerprint density at radius 2 is 2.00 bits per heavy atom. The third kappa shape index (κ3) is 5.02. The Kier molecular flexibility index (Phi) is 5.40. The molecule has 0 unspecified atom stereocenters. The molecular weight excluding hydrogens is 240 g/mol. The van der Waals surface area contributed by atoms with Crippen LogP contribution >= 0.6 is 0 Å². The number of rotatable bonds is 7. The molecule has 0 aromatic rings. The van der Waals surface area contributed by atoms with Crippen molar-refractivity contribution in [2.75, 3.05) is 39.3 Å². The van der Waals surface area contributed by atoms with Crippen LogP contribution in [0.4, 0.5) is 0 Å². The highest BCUT2D eigenvalue weighted by molar-refractivity contribution is 5.99. The molecule has 18 heavy (non-hydrogen) atoms. The van der Waals surface area contributed by atoms with Gasteiger partial charge in [-0.2, -0.15) is 0 Å². The van der Waals surface area contributed by atoms with Crippen LogP contribution in [0.2, 0.25) is 0 Å². The molecule has 1 rings (SSSR count). The zero-order valence-electron chi connectivity index (χ0n) is 9.92. The van der Waals surface area contributed by atoms with Crippen molar-refractivity contribution in [2.45, 2.75) is 0 Å².